The Labute approximate surface area is 286 Å². The van der Waals surface area contributed by atoms with Crippen LogP contribution in [-0.2, 0) is 14.4 Å². The Bertz CT molecular complexity index is 1730. The summed E-state index contributed by atoms with van der Waals surface area (Å²) in [6.45, 7) is 8.49. The van der Waals surface area contributed by atoms with Crippen molar-refractivity contribution in [1.29, 1.82) is 5.26 Å². The zero-order valence-corrected chi connectivity index (χ0v) is 28.9. The van der Waals surface area contributed by atoms with E-state index < -0.39 is 41.5 Å². The lowest BCUT2D eigenvalue weighted by Crippen LogP contribution is -2.51. The minimum absolute atomic E-state index is 0.0609. The zero-order chi connectivity index (χ0) is 35.5. The van der Waals surface area contributed by atoms with E-state index in [-0.39, 0.29) is 48.5 Å². The van der Waals surface area contributed by atoms with Gasteiger partial charge in [0.1, 0.15) is 17.6 Å². The van der Waals surface area contributed by atoms with Gasteiger partial charge in [0.2, 0.25) is 17.7 Å². The van der Waals surface area contributed by atoms with Gasteiger partial charge < -0.3 is 20.4 Å². The number of nitrogens with zero attached hydrogens (tertiary/aromatic N) is 5. The fourth-order valence-electron chi connectivity index (χ4n) is 5.75. The van der Waals surface area contributed by atoms with Gasteiger partial charge in [-0.1, -0.05) is 58.7 Å². The topological polar surface area (TPSA) is 140 Å². The van der Waals surface area contributed by atoms with Crippen molar-refractivity contribution in [3.63, 3.8) is 0 Å². The predicted molar refractivity (Wildman–Crippen MR) is 184 cm³/mol. The standard InChI is InChI=1S/C32H34FN7O4.C5H12/c1-38(18-28(41)39-16-22(13-25(39)15-34)31(43)35-23-5-3-2-4-6-23)32(44)27(11-19-7-8-19)36-30(42)20-12-21-17-40(24-9-10-24)37-29(21)26(33)14-20;1-5(2,3)4/h2-6,12,14,17,19,22,24-25,27H,7-11,13,16,18H2,1H3,(H,35,43)(H,36,42);1-4H3. The number of carbonyl (C=O) groups excluding carboxylic acids is 4. The minimum Gasteiger partial charge on any atom is -0.340 e. The molecule has 2 aliphatic carbocycles. The molecule has 12 heteroatoms. The molecule has 2 N–H and O–H groups in total. The second-order valence-electron chi connectivity index (χ2n) is 15.1. The van der Waals surface area contributed by atoms with Crippen molar-refractivity contribution in [1.82, 2.24) is 24.9 Å². The molecular formula is C37H46FN7O4. The van der Waals surface area contributed by atoms with Crippen molar-refractivity contribution in [2.45, 2.75) is 84.3 Å². The van der Waals surface area contributed by atoms with Gasteiger partial charge in [-0.25, -0.2) is 4.39 Å². The highest BCUT2D eigenvalue weighted by molar-refractivity contribution is 6.01. The number of fused-ring (bicyclic) bond motifs is 1. The highest BCUT2D eigenvalue weighted by Gasteiger charge is 2.40. The van der Waals surface area contributed by atoms with E-state index in [1.54, 1.807) is 41.2 Å². The highest BCUT2D eigenvalue weighted by atomic mass is 19.1. The van der Waals surface area contributed by atoms with E-state index in [9.17, 15) is 28.8 Å². The maximum absolute atomic E-state index is 14.9. The number of para-hydroxylation sites is 1. The minimum atomic E-state index is -0.907. The van der Waals surface area contributed by atoms with Gasteiger partial charge in [0.05, 0.1) is 24.6 Å². The number of nitriles is 1. The lowest BCUT2D eigenvalue weighted by molar-refractivity contribution is -0.140. The van der Waals surface area contributed by atoms with Crippen LogP contribution in [-0.4, -0.2) is 75.4 Å². The number of rotatable bonds is 10. The molecule has 3 aromatic rings. The van der Waals surface area contributed by atoms with Crippen molar-refractivity contribution < 1.29 is 23.6 Å². The molecule has 3 atom stereocenters. The van der Waals surface area contributed by atoms with E-state index in [0.29, 0.717) is 22.9 Å². The molecule has 0 bridgehead atoms. The van der Waals surface area contributed by atoms with Crippen LogP contribution in [0.1, 0.15) is 82.6 Å². The Morgan fingerprint density at radius 3 is 2.37 bits per heavy atom. The summed E-state index contributed by atoms with van der Waals surface area (Å²) >= 11 is 0. The second-order valence-corrected chi connectivity index (χ2v) is 15.1. The van der Waals surface area contributed by atoms with Crippen LogP contribution in [0, 0.1) is 34.4 Å². The molecular weight excluding hydrogens is 625 g/mol. The molecule has 2 heterocycles. The molecule has 6 rings (SSSR count). The van der Waals surface area contributed by atoms with Crippen LogP contribution in [0.15, 0.2) is 48.7 Å². The van der Waals surface area contributed by atoms with Gasteiger partial charge in [0.25, 0.3) is 5.91 Å². The first kappa shape index (κ1) is 35.5. The average molecular weight is 672 g/mol. The summed E-state index contributed by atoms with van der Waals surface area (Å²) in [7, 11) is 1.47. The van der Waals surface area contributed by atoms with E-state index in [1.165, 1.54) is 16.8 Å². The van der Waals surface area contributed by atoms with Crippen LogP contribution < -0.4 is 10.6 Å². The molecule has 4 amide bonds. The first-order chi connectivity index (χ1) is 23.2. The number of anilines is 1. The van der Waals surface area contributed by atoms with Gasteiger partial charge in [-0.05, 0) is 61.3 Å². The molecule has 1 saturated heterocycles. The van der Waals surface area contributed by atoms with E-state index >= 15 is 0 Å². The summed E-state index contributed by atoms with van der Waals surface area (Å²) in [5.41, 5.74) is 1.42. The smallest absolute Gasteiger partial charge is 0.252 e. The molecule has 0 radical (unpaired) electrons. The van der Waals surface area contributed by atoms with Crippen molar-refractivity contribution >= 4 is 40.2 Å². The Morgan fingerprint density at radius 2 is 1.76 bits per heavy atom. The summed E-state index contributed by atoms with van der Waals surface area (Å²) in [4.78, 5) is 55.5. The summed E-state index contributed by atoms with van der Waals surface area (Å²) in [6.07, 6.45) is 6.19. The summed E-state index contributed by atoms with van der Waals surface area (Å²) < 4.78 is 16.6. The lowest BCUT2D eigenvalue weighted by atomic mass is 10.0. The quantitative estimate of drug-likeness (QED) is 0.300. The number of hydrogen-bond donors (Lipinski definition) is 2. The third-order valence-corrected chi connectivity index (χ3v) is 8.56. The number of carbonyl (C=O) groups is 4. The van der Waals surface area contributed by atoms with Crippen molar-refractivity contribution in [3.8, 4) is 6.07 Å². The van der Waals surface area contributed by atoms with Gasteiger partial charge in [-0.3, -0.25) is 23.9 Å². The number of aromatic nitrogens is 2. The van der Waals surface area contributed by atoms with E-state index in [1.807, 2.05) is 6.07 Å². The number of likely N-dealkylation sites (N-methyl/N-ethyl adjacent to an activating group) is 1. The normalized spacial score (nSPS) is 19.3. The van der Waals surface area contributed by atoms with E-state index in [4.69, 9.17) is 0 Å². The Morgan fingerprint density at radius 1 is 1.08 bits per heavy atom. The molecule has 2 aromatic carbocycles. The summed E-state index contributed by atoms with van der Waals surface area (Å²) in [6, 6.07) is 12.3. The van der Waals surface area contributed by atoms with Gasteiger partial charge in [0, 0.05) is 36.4 Å². The monoisotopic (exact) mass is 671 g/mol. The third-order valence-electron chi connectivity index (χ3n) is 8.56. The number of nitrogens with one attached hydrogen (secondary N) is 2. The summed E-state index contributed by atoms with van der Waals surface area (Å²) in [5, 5.41) is 20.1. The molecule has 3 unspecified atom stereocenters. The largest absolute Gasteiger partial charge is 0.340 e. The number of benzene rings is 2. The molecule has 11 nitrogen and oxygen atoms in total. The fraction of sp³-hybridized carbons (Fsp3) is 0.514. The predicted octanol–water partition coefficient (Wildman–Crippen LogP) is 5.30. The van der Waals surface area contributed by atoms with Crippen LogP contribution >= 0.6 is 0 Å². The van der Waals surface area contributed by atoms with E-state index in [2.05, 4.69) is 49.5 Å². The molecule has 3 fully saturated rings. The van der Waals surface area contributed by atoms with Crippen molar-refractivity contribution in [3.05, 3.63) is 60.0 Å². The molecule has 2 saturated carbocycles. The Hall–Kier alpha value is -4.79. The third kappa shape index (κ3) is 9.65. The molecule has 0 spiro atoms. The summed E-state index contributed by atoms with van der Waals surface area (Å²) in [5.74, 6) is -2.67. The number of amides is 4. The second kappa shape index (κ2) is 14.8. The van der Waals surface area contributed by atoms with Crippen LogP contribution in [0.5, 0.6) is 0 Å². The Kier molecular flexibility index (Phi) is 10.7. The maximum Gasteiger partial charge on any atom is 0.252 e. The van der Waals surface area contributed by atoms with Gasteiger partial charge in [-0.15, -0.1) is 0 Å². The van der Waals surface area contributed by atoms with Crippen molar-refractivity contribution in [2.24, 2.45) is 17.3 Å². The maximum atomic E-state index is 14.9. The van der Waals surface area contributed by atoms with Crippen LogP contribution in [0.2, 0.25) is 0 Å². The number of halogens is 1. The molecule has 3 aliphatic rings. The highest BCUT2D eigenvalue weighted by Crippen LogP contribution is 2.36. The van der Waals surface area contributed by atoms with E-state index in [0.717, 1.165) is 31.7 Å². The van der Waals surface area contributed by atoms with Gasteiger partial charge in [0.15, 0.2) is 5.82 Å². The number of hydrogen-bond acceptors (Lipinski definition) is 6. The van der Waals surface area contributed by atoms with Crippen LogP contribution in [0.3, 0.4) is 0 Å². The molecule has 1 aromatic heterocycles. The average Bonchev–Trinajstić information content (AvgIpc) is 3.97. The SMILES string of the molecule is CC(C)(C)C.CN(CC(=O)N1CC(C(=O)Nc2ccccc2)CC1C#N)C(=O)C(CC1CC1)NC(=O)c1cc(F)c2nn(C3CC3)cc2c1. The lowest BCUT2D eigenvalue weighted by Gasteiger charge is -2.27. The van der Waals surface area contributed by atoms with Gasteiger partial charge in [-0.2, -0.15) is 10.4 Å². The fourth-order valence-corrected chi connectivity index (χ4v) is 5.75. The molecule has 49 heavy (non-hydrogen) atoms. The van der Waals surface area contributed by atoms with Crippen LogP contribution in [0.25, 0.3) is 10.9 Å². The first-order valence-corrected chi connectivity index (χ1v) is 17.0. The Balaban J connectivity index is 0.000000874. The van der Waals surface area contributed by atoms with Crippen LogP contribution in [0.4, 0.5) is 10.1 Å². The van der Waals surface area contributed by atoms with Crippen molar-refractivity contribution in [2.75, 3.05) is 25.5 Å². The number of likely N-dealkylation sites (tertiary alicyclic amines) is 1. The molecule has 1 aliphatic heterocycles. The van der Waals surface area contributed by atoms with Gasteiger partial charge >= 0.3 is 0 Å². The zero-order valence-electron chi connectivity index (χ0n) is 28.9. The first-order valence-electron chi connectivity index (χ1n) is 17.0. The molecule has 260 valence electrons.